The summed E-state index contributed by atoms with van der Waals surface area (Å²) in [7, 11) is 0. The molecule has 0 bridgehead atoms. The predicted molar refractivity (Wildman–Crippen MR) is 81.2 cm³/mol. The molecule has 0 amide bonds. The Bertz CT molecular complexity index is 675. The standard InChI is InChI=1S/C15H13N3.ClH/c1-11-6-8-12(9-7-11)18-15-13-4-2-3-5-14(13)16-10-17-15;/h2-10H,1H3,(H,16,17,18);1H. The van der Waals surface area contributed by atoms with E-state index in [1.54, 1.807) is 6.33 Å². The molecule has 0 aliphatic rings. The molecule has 3 rings (SSSR count). The first-order chi connectivity index (χ1) is 8.83. The number of para-hydroxylation sites is 1. The smallest absolute Gasteiger partial charge is 0.141 e. The average Bonchev–Trinajstić information content (AvgIpc) is 2.42. The second kappa shape index (κ2) is 5.67. The Balaban J connectivity index is 0.00000133. The molecule has 0 saturated heterocycles. The molecule has 96 valence electrons. The SMILES string of the molecule is Cc1ccc(Nc2ncnc3ccccc23)cc1.Cl. The van der Waals surface area contributed by atoms with Gasteiger partial charge in [-0.05, 0) is 31.2 Å². The third-order valence-electron chi connectivity index (χ3n) is 2.86. The van der Waals surface area contributed by atoms with E-state index in [1.165, 1.54) is 5.56 Å². The molecular weight excluding hydrogens is 258 g/mol. The first-order valence-corrected chi connectivity index (χ1v) is 5.86. The summed E-state index contributed by atoms with van der Waals surface area (Å²) in [5.74, 6) is 0.837. The number of nitrogens with one attached hydrogen (secondary N) is 1. The van der Waals surface area contributed by atoms with E-state index in [2.05, 4.69) is 34.3 Å². The van der Waals surface area contributed by atoms with Crippen LogP contribution in [-0.2, 0) is 0 Å². The zero-order valence-electron chi connectivity index (χ0n) is 10.5. The number of aryl methyl sites for hydroxylation is 1. The topological polar surface area (TPSA) is 37.8 Å². The number of hydrogen-bond acceptors (Lipinski definition) is 3. The van der Waals surface area contributed by atoms with Crippen LogP contribution in [0.15, 0.2) is 54.9 Å². The highest BCUT2D eigenvalue weighted by Crippen LogP contribution is 2.22. The molecular formula is C15H14ClN3. The van der Waals surface area contributed by atoms with E-state index in [1.807, 2.05) is 36.4 Å². The molecule has 3 nitrogen and oxygen atoms in total. The van der Waals surface area contributed by atoms with Crippen molar-refractivity contribution in [3.63, 3.8) is 0 Å². The molecule has 0 spiro atoms. The molecule has 0 aliphatic carbocycles. The molecule has 0 atom stereocenters. The Kier molecular flexibility index (Phi) is 3.97. The number of anilines is 2. The zero-order valence-corrected chi connectivity index (χ0v) is 11.3. The van der Waals surface area contributed by atoms with Gasteiger partial charge in [-0.2, -0.15) is 0 Å². The van der Waals surface area contributed by atoms with Crippen LogP contribution in [0.3, 0.4) is 0 Å². The van der Waals surface area contributed by atoms with Crippen LogP contribution in [0.4, 0.5) is 11.5 Å². The maximum atomic E-state index is 4.30. The third kappa shape index (κ3) is 2.83. The van der Waals surface area contributed by atoms with Crippen LogP contribution < -0.4 is 5.32 Å². The molecule has 0 fully saturated rings. The Hall–Kier alpha value is -2.13. The minimum Gasteiger partial charge on any atom is -0.340 e. The van der Waals surface area contributed by atoms with Crippen LogP contribution in [0.25, 0.3) is 10.9 Å². The van der Waals surface area contributed by atoms with Gasteiger partial charge in [-0.25, -0.2) is 9.97 Å². The van der Waals surface area contributed by atoms with Crippen molar-refractivity contribution in [2.75, 3.05) is 5.32 Å². The summed E-state index contributed by atoms with van der Waals surface area (Å²) in [6, 6.07) is 16.2. The molecule has 1 aromatic heterocycles. The molecule has 0 unspecified atom stereocenters. The normalized spacial score (nSPS) is 9.95. The molecule has 1 N–H and O–H groups in total. The van der Waals surface area contributed by atoms with Crippen LogP contribution in [0.5, 0.6) is 0 Å². The van der Waals surface area contributed by atoms with E-state index in [-0.39, 0.29) is 12.4 Å². The largest absolute Gasteiger partial charge is 0.340 e. The minimum absolute atomic E-state index is 0. The first kappa shape index (κ1) is 13.3. The summed E-state index contributed by atoms with van der Waals surface area (Å²) in [4.78, 5) is 8.55. The van der Waals surface area contributed by atoms with Gasteiger partial charge in [-0.15, -0.1) is 12.4 Å². The highest BCUT2D eigenvalue weighted by atomic mass is 35.5. The maximum absolute atomic E-state index is 4.30. The van der Waals surface area contributed by atoms with Crippen LogP contribution in [0, 0.1) is 6.92 Å². The number of benzene rings is 2. The summed E-state index contributed by atoms with van der Waals surface area (Å²) in [6.07, 6.45) is 1.58. The number of hydrogen-bond donors (Lipinski definition) is 1. The van der Waals surface area contributed by atoms with Gasteiger partial charge in [0.15, 0.2) is 0 Å². The number of fused-ring (bicyclic) bond motifs is 1. The van der Waals surface area contributed by atoms with Gasteiger partial charge in [0.05, 0.1) is 5.52 Å². The lowest BCUT2D eigenvalue weighted by Gasteiger charge is -2.08. The summed E-state index contributed by atoms with van der Waals surface area (Å²) in [5, 5.41) is 4.35. The van der Waals surface area contributed by atoms with Gasteiger partial charge in [0, 0.05) is 11.1 Å². The Labute approximate surface area is 118 Å². The van der Waals surface area contributed by atoms with E-state index < -0.39 is 0 Å². The lowest BCUT2D eigenvalue weighted by atomic mass is 10.2. The summed E-state index contributed by atoms with van der Waals surface area (Å²) < 4.78 is 0. The number of halogens is 1. The summed E-state index contributed by atoms with van der Waals surface area (Å²) >= 11 is 0. The van der Waals surface area contributed by atoms with Gasteiger partial charge in [0.2, 0.25) is 0 Å². The van der Waals surface area contributed by atoms with Crippen molar-refractivity contribution >= 4 is 34.8 Å². The van der Waals surface area contributed by atoms with Crippen molar-refractivity contribution in [1.82, 2.24) is 9.97 Å². The van der Waals surface area contributed by atoms with Gasteiger partial charge < -0.3 is 5.32 Å². The number of rotatable bonds is 2. The van der Waals surface area contributed by atoms with Crippen molar-refractivity contribution in [2.24, 2.45) is 0 Å². The van der Waals surface area contributed by atoms with Gasteiger partial charge in [-0.3, -0.25) is 0 Å². The molecule has 0 radical (unpaired) electrons. The number of aromatic nitrogens is 2. The van der Waals surface area contributed by atoms with Crippen molar-refractivity contribution in [3.8, 4) is 0 Å². The van der Waals surface area contributed by atoms with Crippen LogP contribution in [0.2, 0.25) is 0 Å². The molecule has 0 saturated carbocycles. The van der Waals surface area contributed by atoms with Crippen molar-refractivity contribution < 1.29 is 0 Å². The van der Waals surface area contributed by atoms with Crippen LogP contribution in [-0.4, -0.2) is 9.97 Å². The van der Waals surface area contributed by atoms with Crippen LogP contribution in [0.1, 0.15) is 5.56 Å². The third-order valence-corrected chi connectivity index (χ3v) is 2.86. The summed E-state index contributed by atoms with van der Waals surface area (Å²) in [5.41, 5.74) is 3.22. The monoisotopic (exact) mass is 271 g/mol. The molecule has 1 heterocycles. The Morgan fingerprint density at radius 1 is 0.895 bits per heavy atom. The lowest BCUT2D eigenvalue weighted by molar-refractivity contribution is 1.22. The fraction of sp³-hybridized carbons (Fsp3) is 0.0667. The summed E-state index contributed by atoms with van der Waals surface area (Å²) in [6.45, 7) is 2.07. The van der Waals surface area contributed by atoms with Gasteiger partial charge in [-0.1, -0.05) is 29.8 Å². The average molecular weight is 272 g/mol. The highest BCUT2D eigenvalue weighted by Gasteiger charge is 2.02. The fourth-order valence-electron chi connectivity index (χ4n) is 1.88. The molecule has 4 heteroatoms. The van der Waals surface area contributed by atoms with E-state index in [9.17, 15) is 0 Å². The van der Waals surface area contributed by atoms with Gasteiger partial charge in [0.1, 0.15) is 12.1 Å². The quantitative estimate of drug-likeness (QED) is 0.762. The van der Waals surface area contributed by atoms with Crippen molar-refractivity contribution in [2.45, 2.75) is 6.92 Å². The number of nitrogens with zero attached hydrogens (tertiary/aromatic N) is 2. The van der Waals surface area contributed by atoms with E-state index >= 15 is 0 Å². The van der Waals surface area contributed by atoms with Gasteiger partial charge >= 0.3 is 0 Å². The minimum atomic E-state index is 0. The predicted octanol–water partition coefficient (Wildman–Crippen LogP) is 4.10. The molecule has 3 aromatic rings. The first-order valence-electron chi connectivity index (χ1n) is 5.86. The fourth-order valence-corrected chi connectivity index (χ4v) is 1.88. The molecule has 2 aromatic carbocycles. The maximum Gasteiger partial charge on any atom is 0.141 e. The van der Waals surface area contributed by atoms with Crippen molar-refractivity contribution in [1.29, 1.82) is 0 Å². The Morgan fingerprint density at radius 2 is 1.63 bits per heavy atom. The van der Waals surface area contributed by atoms with E-state index in [0.29, 0.717) is 0 Å². The highest BCUT2D eigenvalue weighted by molar-refractivity contribution is 5.90. The van der Waals surface area contributed by atoms with E-state index in [0.717, 1.165) is 22.4 Å². The van der Waals surface area contributed by atoms with Gasteiger partial charge in [0.25, 0.3) is 0 Å². The van der Waals surface area contributed by atoms with Crippen LogP contribution >= 0.6 is 12.4 Å². The zero-order chi connectivity index (χ0) is 12.4. The second-order valence-corrected chi connectivity index (χ2v) is 4.23. The second-order valence-electron chi connectivity index (χ2n) is 4.23. The van der Waals surface area contributed by atoms with E-state index in [4.69, 9.17) is 0 Å². The Morgan fingerprint density at radius 3 is 2.42 bits per heavy atom. The molecule has 0 aliphatic heterocycles. The van der Waals surface area contributed by atoms with Crippen molar-refractivity contribution in [3.05, 3.63) is 60.4 Å². The lowest BCUT2D eigenvalue weighted by Crippen LogP contribution is -1.95. The molecule has 19 heavy (non-hydrogen) atoms.